The van der Waals surface area contributed by atoms with Crippen LogP contribution >= 0.6 is 11.6 Å². The summed E-state index contributed by atoms with van der Waals surface area (Å²) in [4.78, 5) is 12.8. The van der Waals surface area contributed by atoms with Crippen molar-refractivity contribution in [1.82, 2.24) is 9.62 Å². The third-order valence-corrected chi connectivity index (χ3v) is 7.00. The Kier molecular flexibility index (Phi) is 5.18. The Morgan fingerprint density at radius 3 is 2.68 bits per heavy atom. The van der Waals surface area contributed by atoms with Crippen LogP contribution in [0.15, 0.2) is 47.4 Å². The highest BCUT2D eigenvalue weighted by Crippen LogP contribution is 2.32. The predicted octanol–water partition coefficient (Wildman–Crippen LogP) is 2.54. The number of nitrogens with one attached hydrogen (secondary N) is 1. The van der Waals surface area contributed by atoms with Gasteiger partial charge < -0.3 is 14.8 Å². The standard InChI is InChI=1S/C19H19ClN2O5S/c20-14-4-6-15(7-5-14)28(24,25)22-9-1-2-16(22)19(23)21-11-13-3-8-17-18(10-13)27-12-26-17/h3-8,10,16H,1-2,9,11-12H2,(H,21,23)/t16-/m1/s1. The summed E-state index contributed by atoms with van der Waals surface area (Å²) in [5.74, 6) is 0.998. The minimum atomic E-state index is -3.76. The Hall–Kier alpha value is -2.29. The molecule has 7 nitrogen and oxygen atoms in total. The number of hydrogen-bond acceptors (Lipinski definition) is 5. The zero-order chi connectivity index (χ0) is 19.7. The van der Waals surface area contributed by atoms with E-state index in [1.165, 1.54) is 28.6 Å². The molecule has 2 aliphatic rings. The summed E-state index contributed by atoms with van der Waals surface area (Å²) in [6.45, 7) is 0.776. The first-order valence-electron chi connectivity index (χ1n) is 8.89. The van der Waals surface area contributed by atoms with Gasteiger partial charge in [-0.15, -0.1) is 0 Å². The summed E-state index contributed by atoms with van der Waals surface area (Å²) in [5.41, 5.74) is 0.850. The number of halogens is 1. The minimum Gasteiger partial charge on any atom is -0.454 e. The van der Waals surface area contributed by atoms with Crippen LogP contribution in [0.25, 0.3) is 0 Å². The fraction of sp³-hybridized carbons (Fsp3) is 0.316. The molecule has 0 unspecified atom stereocenters. The van der Waals surface area contributed by atoms with Gasteiger partial charge in [0.05, 0.1) is 4.90 Å². The summed E-state index contributed by atoms with van der Waals surface area (Å²) in [5, 5.41) is 3.29. The van der Waals surface area contributed by atoms with Gasteiger partial charge in [0.1, 0.15) is 6.04 Å². The van der Waals surface area contributed by atoms with Crippen molar-refractivity contribution in [3.05, 3.63) is 53.1 Å². The zero-order valence-corrected chi connectivity index (χ0v) is 16.5. The Balaban J connectivity index is 1.45. The highest BCUT2D eigenvalue weighted by atomic mass is 35.5. The summed E-state index contributed by atoms with van der Waals surface area (Å²) < 4.78 is 37.7. The number of sulfonamides is 1. The van der Waals surface area contributed by atoms with E-state index in [9.17, 15) is 13.2 Å². The summed E-state index contributed by atoms with van der Waals surface area (Å²) in [7, 11) is -3.76. The number of carbonyl (C=O) groups is 1. The average molecular weight is 423 g/mol. The molecule has 1 saturated heterocycles. The predicted molar refractivity (Wildman–Crippen MR) is 103 cm³/mol. The van der Waals surface area contributed by atoms with Crippen molar-refractivity contribution in [2.24, 2.45) is 0 Å². The summed E-state index contributed by atoms with van der Waals surface area (Å²) in [6, 6.07) is 10.7. The van der Waals surface area contributed by atoms with E-state index in [2.05, 4.69) is 5.32 Å². The van der Waals surface area contributed by atoms with Crippen LogP contribution in [0.5, 0.6) is 11.5 Å². The van der Waals surface area contributed by atoms with Crippen molar-refractivity contribution < 1.29 is 22.7 Å². The van der Waals surface area contributed by atoms with E-state index >= 15 is 0 Å². The van der Waals surface area contributed by atoms with Crippen LogP contribution in [0.4, 0.5) is 0 Å². The Bertz CT molecular complexity index is 994. The van der Waals surface area contributed by atoms with Gasteiger partial charge in [0, 0.05) is 18.1 Å². The third-order valence-electron chi connectivity index (χ3n) is 4.83. The van der Waals surface area contributed by atoms with Crippen LogP contribution < -0.4 is 14.8 Å². The molecule has 0 radical (unpaired) electrons. The van der Waals surface area contributed by atoms with Gasteiger partial charge in [-0.1, -0.05) is 17.7 Å². The second-order valence-electron chi connectivity index (χ2n) is 6.63. The number of nitrogens with zero attached hydrogens (tertiary/aromatic N) is 1. The average Bonchev–Trinajstić information content (AvgIpc) is 3.35. The molecule has 1 fully saturated rings. The molecule has 0 saturated carbocycles. The molecule has 0 bridgehead atoms. The van der Waals surface area contributed by atoms with Crippen LogP contribution in [0.1, 0.15) is 18.4 Å². The molecule has 4 rings (SSSR count). The maximum atomic E-state index is 12.9. The van der Waals surface area contributed by atoms with Crippen LogP contribution in [0.2, 0.25) is 5.02 Å². The van der Waals surface area contributed by atoms with E-state index in [-0.39, 0.29) is 24.1 Å². The molecule has 2 aromatic carbocycles. The number of fused-ring (bicyclic) bond motifs is 1. The molecule has 2 heterocycles. The lowest BCUT2D eigenvalue weighted by Gasteiger charge is -2.23. The second-order valence-corrected chi connectivity index (χ2v) is 8.96. The molecule has 1 atom stereocenters. The van der Waals surface area contributed by atoms with Crippen molar-refractivity contribution in [3.63, 3.8) is 0 Å². The highest BCUT2D eigenvalue weighted by molar-refractivity contribution is 7.89. The quantitative estimate of drug-likeness (QED) is 0.800. The van der Waals surface area contributed by atoms with Crippen LogP contribution in [-0.2, 0) is 21.4 Å². The van der Waals surface area contributed by atoms with Gasteiger partial charge in [0.2, 0.25) is 22.7 Å². The number of benzene rings is 2. The molecule has 0 aliphatic carbocycles. The number of rotatable bonds is 5. The molecule has 9 heteroatoms. The molecule has 148 valence electrons. The Labute approximate surface area is 168 Å². The Morgan fingerprint density at radius 1 is 1.14 bits per heavy atom. The molecule has 0 spiro atoms. The molecular formula is C19H19ClN2O5S. The summed E-state index contributed by atoms with van der Waals surface area (Å²) >= 11 is 5.85. The lowest BCUT2D eigenvalue weighted by molar-refractivity contribution is -0.124. The van der Waals surface area contributed by atoms with Crippen LogP contribution in [-0.4, -0.2) is 38.0 Å². The van der Waals surface area contributed by atoms with Gasteiger partial charge in [-0.25, -0.2) is 8.42 Å². The van der Waals surface area contributed by atoms with Crippen molar-refractivity contribution in [1.29, 1.82) is 0 Å². The number of carbonyl (C=O) groups excluding carboxylic acids is 1. The van der Waals surface area contributed by atoms with E-state index in [0.29, 0.717) is 35.9 Å². The van der Waals surface area contributed by atoms with E-state index in [1.54, 1.807) is 12.1 Å². The monoisotopic (exact) mass is 422 g/mol. The van der Waals surface area contributed by atoms with Crippen molar-refractivity contribution in [2.45, 2.75) is 30.3 Å². The normalized spacial score (nSPS) is 19.0. The van der Waals surface area contributed by atoms with Crippen molar-refractivity contribution >= 4 is 27.5 Å². The zero-order valence-electron chi connectivity index (χ0n) is 14.9. The second kappa shape index (κ2) is 7.62. The van der Waals surface area contributed by atoms with Crippen LogP contribution in [0.3, 0.4) is 0 Å². The van der Waals surface area contributed by atoms with Gasteiger partial charge in [0.25, 0.3) is 0 Å². The first kappa shape index (κ1) is 19.0. The molecular weight excluding hydrogens is 404 g/mol. The van der Waals surface area contributed by atoms with Crippen molar-refractivity contribution in [2.75, 3.05) is 13.3 Å². The number of amides is 1. The smallest absolute Gasteiger partial charge is 0.243 e. The van der Waals surface area contributed by atoms with E-state index < -0.39 is 16.1 Å². The minimum absolute atomic E-state index is 0.132. The molecule has 1 amide bonds. The lowest BCUT2D eigenvalue weighted by Crippen LogP contribution is -2.45. The maximum absolute atomic E-state index is 12.9. The Morgan fingerprint density at radius 2 is 1.89 bits per heavy atom. The van der Waals surface area contributed by atoms with Crippen LogP contribution in [0, 0.1) is 0 Å². The molecule has 1 N–H and O–H groups in total. The molecule has 28 heavy (non-hydrogen) atoms. The molecule has 2 aromatic rings. The van der Waals surface area contributed by atoms with Gasteiger partial charge >= 0.3 is 0 Å². The number of ether oxygens (including phenoxy) is 2. The topological polar surface area (TPSA) is 84.9 Å². The maximum Gasteiger partial charge on any atom is 0.243 e. The van der Waals surface area contributed by atoms with E-state index in [1.807, 2.05) is 6.07 Å². The molecule has 2 aliphatic heterocycles. The highest BCUT2D eigenvalue weighted by Gasteiger charge is 2.39. The first-order chi connectivity index (χ1) is 13.4. The van der Waals surface area contributed by atoms with E-state index in [0.717, 1.165) is 5.56 Å². The number of hydrogen-bond donors (Lipinski definition) is 1. The van der Waals surface area contributed by atoms with Crippen molar-refractivity contribution in [3.8, 4) is 11.5 Å². The fourth-order valence-corrected chi connectivity index (χ4v) is 5.17. The summed E-state index contributed by atoms with van der Waals surface area (Å²) in [6.07, 6.45) is 1.12. The fourth-order valence-electron chi connectivity index (χ4n) is 3.39. The van der Waals surface area contributed by atoms with Gasteiger partial charge in [0.15, 0.2) is 11.5 Å². The first-order valence-corrected chi connectivity index (χ1v) is 10.7. The largest absolute Gasteiger partial charge is 0.454 e. The molecule has 0 aromatic heterocycles. The van der Waals surface area contributed by atoms with E-state index in [4.69, 9.17) is 21.1 Å². The van der Waals surface area contributed by atoms with Gasteiger partial charge in [-0.3, -0.25) is 4.79 Å². The van der Waals surface area contributed by atoms with Gasteiger partial charge in [-0.05, 0) is 54.8 Å². The third kappa shape index (κ3) is 3.67. The SMILES string of the molecule is O=C(NCc1ccc2c(c1)OCO2)[C@H]1CCCN1S(=O)(=O)c1ccc(Cl)cc1. The van der Waals surface area contributed by atoms with Gasteiger partial charge in [-0.2, -0.15) is 4.31 Å². The lowest BCUT2D eigenvalue weighted by atomic mass is 10.2.